The molecule has 0 aliphatic heterocycles. The molecule has 2 rings (SSSR count). The second-order valence-electron chi connectivity index (χ2n) is 5.20. The third-order valence-corrected chi connectivity index (χ3v) is 2.96. The molecule has 0 fully saturated rings. The standard InChI is InChI=1S/C15H15F3N4O/c1-9(2)11-6-7-19-14(21-11)22-13(23)8-10-4-3-5-12(20-10)15(16,17)18/h3-7,9H,8H2,1-2H3,(H,19,21,22,23). The summed E-state index contributed by atoms with van der Waals surface area (Å²) in [5, 5.41) is 2.46. The van der Waals surface area contributed by atoms with Crippen LogP contribution in [0.15, 0.2) is 30.5 Å². The van der Waals surface area contributed by atoms with E-state index in [1.54, 1.807) is 6.07 Å². The van der Waals surface area contributed by atoms with Crippen LogP contribution in [0, 0.1) is 0 Å². The normalized spacial score (nSPS) is 11.6. The van der Waals surface area contributed by atoms with Crippen LogP contribution in [-0.4, -0.2) is 20.9 Å². The monoisotopic (exact) mass is 324 g/mol. The van der Waals surface area contributed by atoms with E-state index in [0.29, 0.717) is 0 Å². The molecule has 1 amide bonds. The molecule has 0 radical (unpaired) electrons. The average molecular weight is 324 g/mol. The van der Waals surface area contributed by atoms with Crippen molar-refractivity contribution in [1.82, 2.24) is 15.0 Å². The van der Waals surface area contributed by atoms with Gasteiger partial charge in [0, 0.05) is 11.9 Å². The SMILES string of the molecule is CC(C)c1ccnc(NC(=O)Cc2cccc(C(F)(F)F)n2)n1. The number of nitrogens with one attached hydrogen (secondary N) is 1. The summed E-state index contributed by atoms with van der Waals surface area (Å²) in [6.07, 6.45) is -3.32. The molecule has 0 aliphatic rings. The third kappa shape index (κ3) is 4.73. The van der Waals surface area contributed by atoms with Crippen molar-refractivity contribution in [1.29, 1.82) is 0 Å². The number of pyridine rings is 1. The molecule has 2 aromatic rings. The summed E-state index contributed by atoms with van der Waals surface area (Å²) in [4.78, 5) is 23.4. The first-order valence-corrected chi connectivity index (χ1v) is 6.91. The zero-order valence-corrected chi connectivity index (χ0v) is 12.6. The van der Waals surface area contributed by atoms with E-state index < -0.39 is 17.8 Å². The highest BCUT2D eigenvalue weighted by atomic mass is 19.4. The summed E-state index contributed by atoms with van der Waals surface area (Å²) in [5.74, 6) is -0.246. The highest BCUT2D eigenvalue weighted by Crippen LogP contribution is 2.27. The molecule has 0 atom stereocenters. The topological polar surface area (TPSA) is 67.8 Å². The number of aromatic nitrogens is 3. The molecule has 0 aliphatic carbocycles. The molecular formula is C15H15F3N4O. The Kier molecular flexibility index (Phi) is 4.92. The number of amides is 1. The number of carbonyl (C=O) groups is 1. The van der Waals surface area contributed by atoms with Crippen molar-refractivity contribution < 1.29 is 18.0 Å². The van der Waals surface area contributed by atoms with Crippen LogP contribution in [0.4, 0.5) is 19.1 Å². The second kappa shape index (κ2) is 6.72. The van der Waals surface area contributed by atoms with Crippen LogP contribution in [0.2, 0.25) is 0 Å². The largest absolute Gasteiger partial charge is 0.433 e. The molecule has 0 spiro atoms. The maximum atomic E-state index is 12.6. The van der Waals surface area contributed by atoms with Gasteiger partial charge in [-0.15, -0.1) is 0 Å². The fraction of sp³-hybridized carbons (Fsp3) is 0.333. The molecule has 2 heterocycles. The Bertz CT molecular complexity index is 701. The third-order valence-electron chi connectivity index (χ3n) is 2.96. The smallest absolute Gasteiger partial charge is 0.294 e. The molecule has 0 unspecified atom stereocenters. The van der Waals surface area contributed by atoms with Gasteiger partial charge in [0.05, 0.1) is 12.1 Å². The summed E-state index contributed by atoms with van der Waals surface area (Å²) in [6.45, 7) is 3.89. The summed E-state index contributed by atoms with van der Waals surface area (Å²) in [7, 11) is 0. The zero-order chi connectivity index (χ0) is 17.0. The number of nitrogens with zero attached hydrogens (tertiary/aromatic N) is 3. The molecule has 0 saturated heterocycles. The molecule has 8 heteroatoms. The first-order chi connectivity index (χ1) is 10.8. The highest BCUT2D eigenvalue weighted by molar-refractivity contribution is 5.90. The number of carbonyl (C=O) groups excluding carboxylic acids is 1. The Balaban J connectivity index is 2.07. The van der Waals surface area contributed by atoms with Crippen LogP contribution >= 0.6 is 0 Å². The quantitative estimate of drug-likeness (QED) is 0.938. The van der Waals surface area contributed by atoms with Crippen LogP contribution in [0.5, 0.6) is 0 Å². The van der Waals surface area contributed by atoms with E-state index in [1.165, 1.54) is 18.3 Å². The second-order valence-corrected chi connectivity index (χ2v) is 5.20. The Morgan fingerprint density at radius 2 is 1.96 bits per heavy atom. The van der Waals surface area contributed by atoms with Crippen molar-refractivity contribution in [2.75, 3.05) is 5.32 Å². The number of anilines is 1. The van der Waals surface area contributed by atoms with Crippen LogP contribution in [0.3, 0.4) is 0 Å². The van der Waals surface area contributed by atoms with Crippen LogP contribution in [-0.2, 0) is 17.4 Å². The first-order valence-electron chi connectivity index (χ1n) is 6.91. The summed E-state index contributed by atoms with van der Waals surface area (Å²) in [5.41, 5.74) is -0.245. The van der Waals surface area contributed by atoms with E-state index in [9.17, 15) is 18.0 Å². The predicted molar refractivity (Wildman–Crippen MR) is 77.7 cm³/mol. The number of alkyl halides is 3. The van der Waals surface area contributed by atoms with Gasteiger partial charge >= 0.3 is 6.18 Å². The molecule has 0 aromatic carbocycles. The van der Waals surface area contributed by atoms with Gasteiger partial charge in [0.15, 0.2) is 0 Å². The van der Waals surface area contributed by atoms with Gasteiger partial charge in [0.25, 0.3) is 0 Å². The minimum atomic E-state index is -4.54. The van der Waals surface area contributed by atoms with Crippen LogP contribution in [0.1, 0.15) is 36.8 Å². The Morgan fingerprint density at radius 3 is 2.61 bits per heavy atom. The lowest BCUT2D eigenvalue weighted by Crippen LogP contribution is -2.18. The van der Waals surface area contributed by atoms with Crippen LogP contribution in [0.25, 0.3) is 0 Å². The molecule has 5 nitrogen and oxygen atoms in total. The zero-order valence-electron chi connectivity index (χ0n) is 12.6. The van der Waals surface area contributed by atoms with Crippen molar-refractivity contribution in [3.8, 4) is 0 Å². The first kappa shape index (κ1) is 16.9. The molecule has 0 bridgehead atoms. The Morgan fingerprint density at radius 1 is 1.22 bits per heavy atom. The van der Waals surface area contributed by atoms with Gasteiger partial charge in [-0.3, -0.25) is 10.1 Å². The molecule has 0 saturated carbocycles. The molecule has 23 heavy (non-hydrogen) atoms. The van der Waals surface area contributed by atoms with Crippen LogP contribution < -0.4 is 5.32 Å². The van der Waals surface area contributed by atoms with E-state index in [4.69, 9.17) is 0 Å². The number of hydrogen-bond acceptors (Lipinski definition) is 4. The molecule has 122 valence electrons. The molecular weight excluding hydrogens is 309 g/mol. The van der Waals surface area contributed by atoms with Crippen molar-refractivity contribution >= 4 is 11.9 Å². The maximum absolute atomic E-state index is 12.6. The fourth-order valence-corrected chi connectivity index (χ4v) is 1.82. The summed E-state index contributed by atoms with van der Waals surface area (Å²) >= 11 is 0. The molecule has 2 aromatic heterocycles. The lowest BCUT2D eigenvalue weighted by Gasteiger charge is -2.09. The van der Waals surface area contributed by atoms with E-state index in [1.807, 2.05) is 13.8 Å². The van der Waals surface area contributed by atoms with Gasteiger partial charge in [-0.1, -0.05) is 19.9 Å². The number of rotatable bonds is 4. The predicted octanol–water partition coefficient (Wildman–Crippen LogP) is 3.20. The lowest BCUT2D eigenvalue weighted by atomic mass is 10.1. The van der Waals surface area contributed by atoms with E-state index in [-0.39, 0.29) is 24.0 Å². The van der Waals surface area contributed by atoms with Gasteiger partial charge in [-0.2, -0.15) is 13.2 Å². The van der Waals surface area contributed by atoms with Gasteiger partial charge in [0.1, 0.15) is 5.69 Å². The number of halogens is 3. The lowest BCUT2D eigenvalue weighted by molar-refractivity contribution is -0.141. The van der Waals surface area contributed by atoms with E-state index in [0.717, 1.165) is 11.8 Å². The Labute approximate surface area is 131 Å². The Hall–Kier alpha value is -2.51. The number of hydrogen-bond donors (Lipinski definition) is 1. The van der Waals surface area contributed by atoms with Gasteiger partial charge in [-0.25, -0.2) is 15.0 Å². The highest BCUT2D eigenvalue weighted by Gasteiger charge is 2.32. The van der Waals surface area contributed by atoms with Crippen molar-refractivity contribution in [3.63, 3.8) is 0 Å². The van der Waals surface area contributed by atoms with Crippen molar-refractivity contribution in [2.45, 2.75) is 32.4 Å². The molecule has 1 N–H and O–H groups in total. The minimum Gasteiger partial charge on any atom is -0.294 e. The van der Waals surface area contributed by atoms with E-state index in [2.05, 4.69) is 20.3 Å². The summed E-state index contributed by atoms with van der Waals surface area (Å²) < 4.78 is 37.8. The van der Waals surface area contributed by atoms with Gasteiger partial charge in [0.2, 0.25) is 11.9 Å². The fourth-order valence-electron chi connectivity index (χ4n) is 1.82. The van der Waals surface area contributed by atoms with Gasteiger partial charge < -0.3 is 0 Å². The van der Waals surface area contributed by atoms with Crippen molar-refractivity contribution in [2.24, 2.45) is 0 Å². The van der Waals surface area contributed by atoms with Gasteiger partial charge in [-0.05, 0) is 24.1 Å². The van der Waals surface area contributed by atoms with Crippen molar-refractivity contribution in [3.05, 3.63) is 47.5 Å². The maximum Gasteiger partial charge on any atom is 0.433 e. The average Bonchev–Trinajstić information content (AvgIpc) is 2.46. The van der Waals surface area contributed by atoms with E-state index >= 15 is 0 Å². The minimum absolute atomic E-state index is 0.0253. The summed E-state index contributed by atoms with van der Waals surface area (Å²) in [6, 6.07) is 5.17.